The van der Waals surface area contributed by atoms with Gasteiger partial charge in [0.05, 0.1) is 12.1 Å². The van der Waals surface area contributed by atoms with Gasteiger partial charge in [-0.05, 0) is 42.5 Å². The highest BCUT2D eigenvalue weighted by Crippen LogP contribution is 2.35. The average Bonchev–Trinajstić information content (AvgIpc) is 2.85. The van der Waals surface area contributed by atoms with Crippen LogP contribution in [0.1, 0.15) is 43.8 Å². The zero-order chi connectivity index (χ0) is 13.3. The maximum absolute atomic E-state index is 10.1. The number of rotatable bonds is 4. The molecule has 7 heteroatoms. The first-order valence-corrected chi connectivity index (χ1v) is 6.93. The van der Waals surface area contributed by atoms with E-state index in [0.717, 1.165) is 38.3 Å². The van der Waals surface area contributed by atoms with Gasteiger partial charge in [0.2, 0.25) is 0 Å². The number of hydrogen-bond donors (Lipinski definition) is 2. The lowest BCUT2D eigenvalue weighted by molar-refractivity contribution is -0.131. The molecule has 1 aromatic rings. The van der Waals surface area contributed by atoms with Crippen LogP contribution in [-0.4, -0.2) is 55.3 Å². The van der Waals surface area contributed by atoms with E-state index in [-0.39, 0.29) is 12.5 Å². The van der Waals surface area contributed by atoms with Gasteiger partial charge in [0, 0.05) is 19.1 Å². The van der Waals surface area contributed by atoms with Gasteiger partial charge < -0.3 is 14.9 Å². The van der Waals surface area contributed by atoms with Crippen molar-refractivity contribution < 1.29 is 14.9 Å². The van der Waals surface area contributed by atoms with Gasteiger partial charge in [-0.25, -0.2) is 4.68 Å². The Bertz CT molecular complexity index is 426. The minimum absolute atomic E-state index is 0.260. The smallest absolute Gasteiger partial charge is 0.154 e. The van der Waals surface area contributed by atoms with E-state index in [2.05, 4.69) is 15.5 Å². The van der Waals surface area contributed by atoms with E-state index in [4.69, 9.17) is 4.74 Å². The van der Waals surface area contributed by atoms with Crippen LogP contribution in [0, 0.1) is 0 Å². The van der Waals surface area contributed by atoms with Crippen molar-refractivity contribution >= 4 is 0 Å². The fourth-order valence-electron chi connectivity index (χ4n) is 2.80. The van der Waals surface area contributed by atoms with E-state index in [0.29, 0.717) is 12.8 Å². The van der Waals surface area contributed by atoms with Crippen LogP contribution >= 0.6 is 0 Å². The highest BCUT2D eigenvalue weighted by Gasteiger charge is 2.42. The summed E-state index contributed by atoms with van der Waals surface area (Å²) in [5.41, 5.74) is -0.946. The Morgan fingerprint density at radius 1 is 1.37 bits per heavy atom. The summed E-state index contributed by atoms with van der Waals surface area (Å²) in [5, 5.41) is 32.0. The SMILES string of the molecule is OC(Cn1nnnc1C1CCOCC1)C1(O)CCC1. The Morgan fingerprint density at radius 3 is 2.74 bits per heavy atom. The van der Waals surface area contributed by atoms with Crippen LogP contribution in [0.25, 0.3) is 0 Å². The van der Waals surface area contributed by atoms with E-state index in [9.17, 15) is 10.2 Å². The zero-order valence-electron chi connectivity index (χ0n) is 10.9. The lowest BCUT2D eigenvalue weighted by atomic mass is 9.76. The summed E-state index contributed by atoms with van der Waals surface area (Å²) in [6.45, 7) is 1.71. The largest absolute Gasteiger partial charge is 0.388 e. The van der Waals surface area contributed by atoms with Crippen molar-refractivity contribution in [2.75, 3.05) is 13.2 Å². The quantitative estimate of drug-likeness (QED) is 0.788. The second-order valence-electron chi connectivity index (χ2n) is 5.58. The van der Waals surface area contributed by atoms with Gasteiger partial charge in [0.25, 0.3) is 0 Å². The van der Waals surface area contributed by atoms with Crippen molar-refractivity contribution in [1.29, 1.82) is 0 Å². The minimum atomic E-state index is -0.946. The predicted octanol–water partition coefficient (Wildman–Crippen LogP) is -0.157. The van der Waals surface area contributed by atoms with E-state index in [1.54, 1.807) is 4.68 Å². The molecule has 2 aliphatic rings. The first kappa shape index (κ1) is 13.0. The lowest BCUT2D eigenvalue weighted by Gasteiger charge is -2.40. The van der Waals surface area contributed by atoms with Gasteiger partial charge in [-0.3, -0.25) is 0 Å². The lowest BCUT2D eigenvalue weighted by Crippen LogP contribution is -2.50. The molecule has 0 bridgehead atoms. The third-order valence-corrected chi connectivity index (χ3v) is 4.33. The molecule has 0 radical (unpaired) electrons. The highest BCUT2D eigenvalue weighted by molar-refractivity contribution is 4.98. The summed E-state index contributed by atoms with van der Waals surface area (Å²) in [7, 11) is 0. The molecular weight excluding hydrogens is 248 g/mol. The number of aliphatic hydroxyl groups is 2. The Labute approximate surface area is 111 Å². The molecule has 106 valence electrons. The van der Waals surface area contributed by atoms with Crippen molar-refractivity contribution in [3.05, 3.63) is 5.82 Å². The maximum Gasteiger partial charge on any atom is 0.154 e. The number of aliphatic hydroxyl groups excluding tert-OH is 1. The second kappa shape index (κ2) is 5.15. The molecule has 1 aliphatic carbocycles. The first-order chi connectivity index (χ1) is 9.19. The van der Waals surface area contributed by atoms with Crippen molar-refractivity contribution in [1.82, 2.24) is 20.2 Å². The molecule has 0 spiro atoms. The molecule has 1 saturated carbocycles. The minimum Gasteiger partial charge on any atom is -0.388 e. The van der Waals surface area contributed by atoms with Crippen LogP contribution in [0.3, 0.4) is 0 Å². The molecule has 19 heavy (non-hydrogen) atoms. The Hall–Kier alpha value is -1.05. The highest BCUT2D eigenvalue weighted by atomic mass is 16.5. The van der Waals surface area contributed by atoms with Gasteiger partial charge >= 0.3 is 0 Å². The molecule has 3 rings (SSSR count). The second-order valence-corrected chi connectivity index (χ2v) is 5.58. The molecule has 2 fully saturated rings. The topological polar surface area (TPSA) is 93.3 Å². The van der Waals surface area contributed by atoms with Crippen molar-refractivity contribution in [3.63, 3.8) is 0 Å². The van der Waals surface area contributed by atoms with Crippen LogP contribution in [0.15, 0.2) is 0 Å². The van der Waals surface area contributed by atoms with Gasteiger partial charge in [-0.2, -0.15) is 0 Å². The Kier molecular flexibility index (Phi) is 3.51. The summed E-state index contributed by atoms with van der Waals surface area (Å²) in [5.74, 6) is 1.08. The fraction of sp³-hybridized carbons (Fsp3) is 0.917. The van der Waals surface area contributed by atoms with Crippen molar-refractivity contribution in [3.8, 4) is 0 Å². The molecule has 1 saturated heterocycles. The van der Waals surface area contributed by atoms with Crippen LogP contribution in [-0.2, 0) is 11.3 Å². The van der Waals surface area contributed by atoms with Gasteiger partial charge in [-0.15, -0.1) is 5.10 Å². The van der Waals surface area contributed by atoms with E-state index >= 15 is 0 Å². The summed E-state index contributed by atoms with van der Waals surface area (Å²) < 4.78 is 6.97. The molecule has 7 nitrogen and oxygen atoms in total. The molecule has 1 aliphatic heterocycles. The molecule has 2 N–H and O–H groups in total. The summed E-state index contributed by atoms with van der Waals surface area (Å²) in [6.07, 6.45) is 3.28. The van der Waals surface area contributed by atoms with Crippen molar-refractivity contribution in [2.45, 2.75) is 56.3 Å². The third-order valence-electron chi connectivity index (χ3n) is 4.33. The normalized spacial score (nSPS) is 24.9. The predicted molar refractivity (Wildman–Crippen MR) is 65.4 cm³/mol. The number of aromatic nitrogens is 4. The van der Waals surface area contributed by atoms with Gasteiger partial charge in [0.1, 0.15) is 6.10 Å². The number of ether oxygens (including phenoxy) is 1. The zero-order valence-corrected chi connectivity index (χ0v) is 10.9. The maximum atomic E-state index is 10.1. The molecule has 1 atom stereocenters. The van der Waals surface area contributed by atoms with Crippen LogP contribution in [0.2, 0.25) is 0 Å². The summed E-state index contributed by atoms with van der Waals surface area (Å²) in [4.78, 5) is 0. The van der Waals surface area contributed by atoms with Gasteiger partial charge in [-0.1, -0.05) is 0 Å². The van der Waals surface area contributed by atoms with Crippen LogP contribution in [0.5, 0.6) is 0 Å². The average molecular weight is 268 g/mol. The monoisotopic (exact) mass is 268 g/mol. The molecule has 2 heterocycles. The molecule has 0 aromatic carbocycles. The number of hydrogen-bond acceptors (Lipinski definition) is 6. The number of tetrazole rings is 1. The molecular formula is C12H20N4O3. The van der Waals surface area contributed by atoms with Gasteiger partial charge in [0.15, 0.2) is 5.82 Å². The standard InChI is InChI=1S/C12H20N4O3/c17-10(12(18)4-1-5-12)8-16-11(13-14-15-16)9-2-6-19-7-3-9/h9-10,17-18H,1-8H2. The molecule has 1 unspecified atom stereocenters. The summed E-state index contributed by atoms with van der Waals surface area (Å²) in [6, 6.07) is 0. The van der Waals surface area contributed by atoms with Crippen LogP contribution < -0.4 is 0 Å². The first-order valence-electron chi connectivity index (χ1n) is 6.93. The van der Waals surface area contributed by atoms with E-state index < -0.39 is 11.7 Å². The summed E-state index contributed by atoms with van der Waals surface area (Å²) >= 11 is 0. The Balaban J connectivity index is 1.69. The fourth-order valence-corrected chi connectivity index (χ4v) is 2.80. The molecule has 1 aromatic heterocycles. The van der Waals surface area contributed by atoms with Crippen LogP contribution in [0.4, 0.5) is 0 Å². The van der Waals surface area contributed by atoms with Crippen molar-refractivity contribution in [2.24, 2.45) is 0 Å². The van der Waals surface area contributed by atoms with E-state index in [1.165, 1.54) is 0 Å². The van der Waals surface area contributed by atoms with E-state index in [1.807, 2.05) is 0 Å². The Morgan fingerprint density at radius 2 is 2.11 bits per heavy atom. The molecule has 0 amide bonds. The third kappa shape index (κ3) is 2.50. The number of nitrogens with zero attached hydrogens (tertiary/aromatic N) is 4.